The molecule has 1 N–H and O–H groups in total. The first-order valence-corrected chi connectivity index (χ1v) is 6.11. The van der Waals surface area contributed by atoms with Gasteiger partial charge in [0, 0.05) is 19.8 Å². The van der Waals surface area contributed by atoms with E-state index in [0.29, 0.717) is 6.04 Å². The Bertz CT molecular complexity index is 341. The molecule has 2 nitrogen and oxygen atoms in total. The average molecular weight is 239 g/mol. The molecule has 96 valence electrons. The quantitative estimate of drug-likeness (QED) is 0.790. The lowest BCUT2D eigenvalue weighted by atomic mass is 10.1. The molecule has 0 aliphatic rings. The zero-order chi connectivity index (χ0) is 12.7. The van der Waals surface area contributed by atoms with Crippen molar-refractivity contribution in [2.24, 2.45) is 0 Å². The molecular weight excluding hydrogens is 217 g/mol. The monoisotopic (exact) mass is 239 g/mol. The smallest absolute Gasteiger partial charge is 0.123 e. The van der Waals surface area contributed by atoms with E-state index in [-0.39, 0.29) is 5.82 Å². The SMILES string of the molecule is COCCC(C)NCCc1ccc(F)cc1C. The number of rotatable bonds is 7. The number of hydrogen-bond acceptors (Lipinski definition) is 2. The molecule has 1 atom stereocenters. The van der Waals surface area contributed by atoms with Gasteiger partial charge in [-0.1, -0.05) is 6.07 Å². The molecule has 0 bridgehead atoms. The van der Waals surface area contributed by atoms with Crippen molar-refractivity contribution in [2.75, 3.05) is 20.3 Å². The maximum Gasteiger partial charge on any atom is 0.123 e. The van der Waals surface area contributed by atoms with Crippen LogP contribution >= 0.6 is 0 Å². The predicted molar refractivity (Wildman–Crippen MR) is 68.8 cm³/mol. The first kappa shape index (κ1) is 14.1. The number of ether oxygens (including phenoxy) is 1. The Morgan fingerprint density at radius 2 is 2.18 bits per heavy atom. The van der Waals surface area contributed by atoms with Crippen molar-refractivity contribution in [3.8, 4) is 0 Å². The number of nitrogens with one attached hydrogen (secondary N) is 1. The highest BCUT2D eigenvalue weighted by molar-refractivity contribution is 5.26. The van der Waals surface area contributed by atoms with E-state index in [9.17, 15) is 4.39 Å². The fourth-order valence-corrected chi connectivity index (χ4v) is 1.79. The normalized spacial score (nSPS) is 12.7. The van der Waals surface area contributed by atoms with Crippen LogP contribution in [-0.4, -0.2) is 26.3 Å². The molecule has 1 aromatic rings. The van der Waals surface area contributed by atoms with Gasteiger partial charge < -0.3 is 10.1 Å². The maximum absolute atomic E-state index is 12.9. The number of halogens is 1. The van der Waals surface area contributed by atoms with E-state index in [1.807, 2.05) is 13.0 Å². The molecule has 0 aliphatic carbocycles. The molecule has 0 aliphatic heterocycles. The van der Waals surface area contributed by atoms with E-state index < -0.39 is 0 Å². The van der Waals surface area contributed by atoms with Crippen LogP contribution in [0.5, 0.6) is 0 Å². The summed E-state index contributed by atoms with van der Waals surface area (Å²) in [5, 5.41) is 3.43. The fourth-order valence-electron chi connectivity index (χ4n) is 1.79. The van der Waals surface area contributed by atoms with Gasteiger partial charge in [0.05, 0.1) is 0 Å². The van der Waals surface area contributed by atoms with Crippen molar-refractivity contribution in [1.82, 2.24) is 5.32 Å². The third-order valence-corrected chi connectivity index (χ3v) is 2.95. The molecule has 0 aromatic heterocycles. The Hall–Kier alpha value is -0.930. The highest BCUT2D eigenvalue weighted by Crippen LogP contribution is 2.10. The first-order valence-electron chi connectivity index (χ1n) is 6.11. The van der Waals surface area contributed by atoms with Gasteiger partial charge in [0.1, 0.15) is 5.82 Å². The van der Waals surface area contributed by atoms with E-state index in [1.165, 1.54) is 11.6 Å². The lowest BCUT2D eigenvalue weighted by molar-refractivity contribution is 0.185. The van der Waals surface area contributed by atoms with Gasteiger partial charge in [0.2, 0.25) is 0 Å². The van der Waals surface area contributed by atoms with Gasteiger partial charge in [-0.25, -0.2) is 4.39 Å². The minimum atomic E-state index is -0.160. The summed E-state index contributed by atoms with van der Waals surface area (Å²) in [7, 11) is 1.72. The standard InChI is InChI=1S/C14H22FNO/c1-11-10-14(15)5-4-13(11)6-8-16-12(2)7-9-17-3/h4-5,10,12,16H,6-9H2,1-3H3. The molecule has 0 saturated carbocycles. The molecule has 0 fully saturated rings. The number of aryl methyl sites for hydroxylation is 1. The van der Waals surface area contributed by atoms with Crippen LogP contribution < -0.4 is 5.32 Å². The summed E-state index contributed by atoms with van der Waals surface area (Å²) in [6.07, 6.45) is 1.95. The third-order valence-electron chi connectivity index (χ3n) is 2.95. The molecular formula is C14H22FNO. The summed E-state index contributed by atoms with van der Waals surface area (Å²) < 4.78 is 17.9. The van der Waals surface area contributed by atoms with Crippen molar-refractivity contribution in [1.29, 1.82) is 0 Å². The van der Waals surface area contributed by atoms with E-state index in [0.717, 1.165) is 31.6 Å². The van der Waals surface area contributed by atoms with Gasteiger partial charge in [-0.15, -0.1) is 0 Å². The zero-order valence-electron chi connectivity index (χ0n) is 10.9. The largest absolute Gasteiger partial charge is 0.385 e. The van der Waals surface area contributed by atoms with Crippen LogP contribution in [0.25, 0.3) is 0 Å². The highest BCUT2D eigenvalue weighted by Gasteiger charge is 2.03. The Morgan fingerprint density at radius 3 is 2.82 bits per heavy atom. The second kappa shape index (κ2) is 7.41. The summed E-state index contributed by atoms with van der Waals surface area (Å²) >= 11 is 0. The topological polar surface area (TPSA) is 21.3 Å². The molecule has 0 spiro atoms. The fraction of sp³-hybridized carbons (Fsp3) is 0.571. The van der Waals surface area contributed by atoms with Crippen molar-refractivity contribution in [3.63, 3.8) is 0 Å². The number of methoxy groups -OCH3 is 1. The molecule has 17 heavy (non-hydrogen) atoms. The summed E-state index contributed by atoms with van der Waals surface area (Å²) in [4.78, 5) is 0. The summed E-state index contributed by atoms with van der Waals surface area (Å²) in [5.74, 6) is -0.160. The van der Waals surface area contributed by atoms with Gasteiger partial charge in [-0.05, 0) is 56.5 Å². The minimum absolute atomic E-state index is 0.160. The second-order valence-electron chi connectivity index (χ2n) is 4.46. The van der Waals surface area contributed by atoms with Gasteiger partial charge in [0.15, 0.2) is 0 Å². The van der Waals surface area contributed by atoms with E-state index in [2.05, 4.69) is 12.2 Å². The van der Waals surface area contributed by atoms with E-state index >= 15 is 0 Å². The molecule has 0 amide bonds. The highest BCUT2D eigenvalue weighted by atomic mass is 19.1. The molecule has 1 unspecified atom stereocenters. The van der Waals surface area contributed by atoms with E-state index in [1.54, 1.807) is 13.2 Å². The molecule has 3 heteroatoms. The predicted octanol–water partition coefficient (Wildman–Crippen LogP) is 2.69. The summed E-state index contributed by atoms with van der Waals surface area (Å²) in [6, 6.07) is 5.43. The Morgan fingerprint density at radius 1 is 1.41 bits per heavy atom. The van der Waals surface area contributed by atoms with Crippen LogP contribution in [0.2, 0.25) is 0 Å². The van der Waals surface area contributed by atoms with Crippen molar-refractivity contribution < 1.29 is 9.13 Å². The lowest BCUT2D eigenvalue weighted by Gasteiger charge is -2.13. The van der Waals surface area contributed by atoms with Crippen molar-refractivity contribution in [2.45, 2.75) is 32.7 Å². The third kappa shape index (κ3) is 5.29. The Balaban J connectivity index is 2.30. The average Bonchev–Trinajstić information content (AvgIpc) is 2.29. The summed E-state index contributed by atoms with van der Waals surface area (Å²) in [5.41, 5.74) is 2.23. The van der Waals surface area contributed by atoms with Crippen LogP contribution in [0, 0.1) is 12.7 Å². The molecule has 0 heterocycles. The molecule has 0 saturated heterocycles. The molecule has 1 aromatic carbocycles. The van der Waals surface area contributed by atoms with Gasteiger partial charge >= 0.3 is 0 Å². The van der Waals surface area contributed by atoms with Gasteiger partial charge in [-0.3, -0.25) is 0 Å². The number of hydrogen-bond donors (Lipinski definition) is 1. The minimum Gasteiger partial charge on any atom is -0.385 e. The summed E-state index contributed by atoms with van der Waals surface area (Å²) in [6.45, 7) is 5.80. The lowest BCUT2D eigenvalue weighted by Crippen LogP contribution is -2.29. The Kier molecular flexibility index (Phi) is 6.16. The zero-order valence-corrected chi connectivity index (χ0v) is 10.9. The van der Waals surface area contributed by atoms with Crippen LogP contribution in [0.4, 0.5) is 4.39 Å². The molecule has 0 radical (unpaired) electrons. The Labute approximate surface area is 103 Å². The van der Waals surface area contributed by atoms with Gasteiger partial charge in [0.25, 0.3) is 0 Å². The molecule has 1 rings (SSSR count). The van der Waals surface area contributed by atoms with Crippen LogP contribution in [0.1, 0.15) is 24.5 Å². The van der Waals surface area contributed by atoms with E-state index in [4.69, 9.17) is 4.74 Å². The van der Waals surface area contributed by atoms with Crippen LogP contribution in [0.3, 0.4) is 0 Å². The van der Waals surface area contributed by atoms with Crippen LogP contribution in [0.15, 0.2) is 18.2 Å². The maximum atomic E-state index is 12.9. The van der Waals surface area contributed by atoms with Crippen LogP contribution in [-0.2, 0) is 11.2 Å². The van der Waals surface area contributed by atoms with Crippen molar-refractivity contribution >= 4 is 0 Å². The van der Waals surface area contributed by atoms with Gasteiger partial charge in [-0.2, -0.15) is 0 Å². The number of benzene rings is 1. The first-order chi connectivity index (χ1) is 8.13. The second-order valence-corrected chi connectivity index (χ2v) is 4.46. The van der Waals surface area contributed by atoms with Crippen molar-refractivity contribution in [3.05, 3.63) is 35.1 Å².